The molecular formula is C4H8NOSSe. The summed E-state index contributed by atoms with van der Waals surface area (Å²) in [7, 11) is 0. The Morgan fingerprint density at radius 3 is 2.50 bits per heavy atom. The number of hydrogen-bond donors (Lipinski definition) is 2. The van der Waals surface area contributed by atoms with Gasteiger partial charge < -0.3 is 0 Å². The first-order valence-corrected chi connectivity index (χ1v) is 3.74. The molecule has 0 aromatic carbocycles. The molecule has 47 valence electrons. The van der Waals surface area contributed by atoms with E-state index in [1.165, 1.54) is 0 Å². The SMILES string of the molecule is NC(CCS)C(=O)[Se]. The predicted molar refractivity (Wildman–Crippen MR) is 37.2 cm³/mol. The number of rotatable bonds is 3. The molecule has 1 unspecified atom stereocenters. The molecule has 0 aliphatic rings. The molecule has 0 saturated carbocycles. The van der Waals surface area contributed by atoms with Crippen molar-refractivity contribution in [3.8, 4) is 0 Å². The van der Waals surface area contributed by atoms with E-state index in [9.17, 15) is 4.79 Å². The van der Waals surface area contributed by atoms with E-state index < -0.39 is 0 Å². The van der Waals surface area contributed by atoms with Gasteiger partial charge in [-0.1, -0.05) is 0 Å². The topological polar surface area (TPSA) is 43.1 Å². The van der Waals surface area contributed by atoms with Gasteiger partial charge in [-0.05, 0) is 0 Å². The number of carbonyl (C=O) groups is 1. The van der Waals surface area contributed by atoms with E-state index in [4.69, 9.17) is 5.73 Å². The average molecular weight is 197 g/mol. The van der Waals surface area contributed by atoms with Crippen LogP contribution in [0, 0.1) is 0 Å². The summed E-state index contributed by atoms with van der Waals surface area (Å²) in [6.45, 7) is 0. The van der Waals surface area contributed by atoms with Crippen LogP contribution in [0.5, 0.6) is 0 Å². The fraction of sp³-hybridized carbons (Fsp3) is 0.750. The van der Waals surface area contributed by atoms with Crippen LogP contribution in [-0.4, -0.2) is 32.5 Å². The molecule has 0 heterocycles. The Hall–Kier alpha value is 0.499. The summed E-state index contributed by atoms with van der Waals surface area (Å²) in [6.07, 6.45) is 0.648. The van der Waals surface area contributed by atoms with Gasteiger partial charge in [-0.2, -0.15) is 0 Å². The quantitative estimate of drug-likeness (QED) is 0.465. The monoisotopic (exact) mass is 198 g/mol. The van der Waals surface area contributed by atoms with Crippen LogP contribution in [-0.2, 0) is 4.79 Å². The van der Waals surface area contributed by atoms with Crippen molar-refractivity contribution in [2.45, 2.75) is 12.5 Å². The van der Waals surface area contributed by atoms with Crippen LogP contribution in [0.4, 0.5) is 0 Å². The zero-order valence-corrected chi connectivity index (χ0v) is 6.94. The number of thiol groups is 1. The summed E-state index contributed by atoms with van der Waals surface area (Å²) in [6, 6.07) is -0.354. The molecule has 0 fully saturated rings. The molecule has 2 N–H and O–H groups in total. The number of nitrogens with two attached hydrogens (primary N) is 1. The molecular weight excluding hydrogens is 189 g/mol. The van der Waals surface area contributed by atoms with Gasteiger partial charge in [0.2, 0.25) is 0 Å². The summed E-state index contributed by atoms with van der Waals surface area (Å²) in [5.74, 6) is 0.661. The normalized spacial score (nSPS) is 13.2. The van der Waals surface area contributed by atoms with Gasteiger partial charge in [-0.15, -0.1) is 0 Å². The third-order valence-electron chi connectivity index (χ3n) is 0.743. The van der Waals surface area contributed by atoms with Crippen molar-refractivity contribution < 1.29 is 4.79 Å². The minimum absolute atomic E-state index is 0.0842. The molecule has 8 heavy (non-hydrogen) atoms. The van der Waals surface area contributed by atoms with Gasteiger partial charge in [0.05, 0.1) is 0 Å². The molecule has 1 radical (unpaired) electrons. The molecule has 0 saturated heterocycles. The molecule has 0 spiro atoms. The van der Waals surface area contributed by atoms with Crippen LogP contribution >= 0.6 is 12.6 Å². The molecule has 0 aromatic heterocycles. The minimum atomic E-state index is -0.354. The first-order valence-electron chi connectivity index (χ1n) is 2.25. The van der Waals surface area contributed by atoms with Gasteiger partial charge in [-0.25, -0.2) is 0 Å². The third-order valence-corrected chi connectivity index (χ3v) is 1.64. The van der Waals surface area contributed by atoms with Crippen molar-refractivity contribution in [2.75, 3.05) is 5.75 Å². The van der Waals surface area contributed by atoms with Crippen LogP contribution in [0.25, 0.3) is 0 Å². The van der Waals surface area contributed by atoms with Crippen molar-refractivity contribution in [3.63, 3.8) is 0 Å². The zero-order chi connectivity index (χ0) is 6.57. The maximum atomic E-state index is 10.3. The summed E-state index contributed by atoms with van der Waals surface area (Å²) in [5, 5.41) is 0. The number of carbonyl (C=O) groups excluding carboxylic acids is 1. The second-order valence-corrected chi connectivity index (χ2v) is 2.73. The maximum absolute atomic E-state index is 10.3. The Kier molecular flexibility index (Phi) is 4.66. The van der Waals surface area contributed by atoms with Gasteiger partial charge in [0.15, 0.2) is 0 Å². The van der Waals surface area contributed by atoms with Gasteiger partial charge in [0.25, 0.3) is 0 Å². The van der Waals surface area contributed by atoms with E-state index in [-0.39, 0.29) is 10.7 Å². The molecule has 1 atom stereocenters. The van der Waals surface area contributed by atoms with E-state index in [0.29, 0.717) is 12.2 Å². The molecule has 0 bridgehead atoms. The second kappa shape index (κ2) is 4.39. The van der Waals surface area contributed by atoms with Gasteiger partial charge in [0, 0.05) is 0 Å². The van der Waals surface area contributed by atoms with E-state index in [1.54, 1.807) is 0 Å². The molecule has 0 rings (SSSR count). The van der Waals surface area contributed by atoms with Crippen LogP contribution in [0.2, 0.25) is 0 Å². The fourth-order valence-corrected chi connectivity index (χ4v) is 0.782. The summed E-state index contributed by atoms with van der Waals surface area (Å²) >= 11 is 6.24. The molecule has 0 amide bonds. The molecule has 0 aliphatic heterocycles. The van der Waals surface area contributed by atoms with Crippen molar-refractivity contribution in [1.29, 1.82) is 0 Å². The Morgan fingerprint density at radius 2 is 2.38 bits per heavy atom. The molecule has 4 heteroatoms. The Labute approximate surface area is 62.4 Å². The van der Waals surface area contributed by atoms with E-state index in [1.807, 2.05) is 0 Å². The summed E-state index contributed by atoms with van der Waals surface area (Å²) < 4.78 is -0.0842. The second-order valence-electron chi connectivity index (χ2n) is 1.44. The first kappa shape index (κ1) is 8.50. The molecule has 0 aromatic rings. The third kappa shape index (κ3) is 3.50. The van der Waals surface area contributed by atoms with Crippen LogP contribution in [0.15, 0.2) is 0 Å². The van der Waals surface area contributed by atoms with Crippen molar-refractivity contribution in [3.05, 3.63) is 0 Å². The Balaban J connectivity index is 3.32. The predicted octanol–water partition coefficient (Wildman–Crippen LogP) is -0.671. The van der Waals surface area contributed by atoms with E-state index in [0.717, 1.165) is 0 Å². The fourth-order valence-electron chi connectivity index (χ4n) is 0.257. The standard InChI is InChI=1S/C4H8NOSSe/c5-3(1-2-7)4(6)8/h3,7H,1-2,5H2. The van der Waals surface area contributed by atoms with Crippen LogP contribution in [0.3, 0.4) is 0 Å². The summed E-state index contributed by atoms with van der Waals surface area (Å²) in [4.78, 5) is 10.3. The van der Waals surface area contributed by atoms with Crippen molar-refractivity contribution in [2.24, 2.45) is 5.73 Å². The zero-order valence-electron chi connectivity index (χ0n) is 4.33. The van der Waals surface area contributed by atoms with Crippen molar-refractivity contribution >= 4 is 33.3 Å². The van der Waals surface area contributed by atoms with Gasteiger partial charge in [-0.3, -0.25) is 0 Å². The van der Waals surface area contributed by atoms with Gasteiger partial charge >= 0.3 is 62.1 Å². The average Bonchev–Trinajstić information content (AvgIpc) is 1.67. The van der Waals surface area contributed by atoms with Crippen molar-refractivity contribution in [1.82, 2.24) is 0 Å². The van der Waals surface area contributed by atoms with Crippen LogP contribution in [0.1, 0.15) is 6.42 Å². The van der Waals surface area contributed by atoms with Crippen LogP contribution < -0.4 is 5.73 Å². The molecule has 2 nitrogen and oxygen atoms in total. The number of hydrogen-bond acceptors (Lipinski definition) is 3. The van der Waals surface area contributed by atoms with E-state index in [2.05, 4.69) is 28.6 Å². The van der Waals surface area contributed by atoms with Gasteiger partial charge in [0.1, 0.15) is 0 Å². The Morgan fingerprint density at radius 1 is 1.88 bits per heavy atom. The van der Waals surface area contributed by atoms with E-state index >= 15 is 0 Å². The first-order chi connectivity index (χ1) is 3.68. The Bertz CT molecular complexity index is 88.1. The molecule has 0 aliphatic carbocycles. The summed E-state index contributed by atoms with van der Waals surface area (Å²) in [5.41, 5.74) is 5.30.